The van der Waals surface area contributed by atoms with Gasteiger partial charge in [0.05, 0.1) is 5.60 Å². The third-order valence-corrected chi connectivity index (χ3v) is 3.77. The summed E-state index contributed by atoms with van der Waals surface area (Å²) in [6, 6.07) is 12.0. The lowest BCUT2D eigenvalue weighted by atomic mass is 9.90. The highest BCUT2D eigenvalue weighted by Crippen LogP contribution is 2.25. The van der Waals surface area contributed by atoms with Gasteiger partial charge in [0, 0.05) is 22.8 Å². The standard InChI is InChI=1S/C16H18BrNO/c1-3-12-4-6-13(7-5-12)16(2,19)10-15-9-8-14(17)11-18-15/h4-9,11,19H,3,10H2,1-2H3. The molecule has 19 heavy (non-hydrogen) atoms. The zero-order chi connectivity index (χ0) is 13.9. The minimum absolute atomic E-state index is 0.506. The van der Waals surface area contributed by atoms with Crippen molar-refractivity contribution in [3.63, 3.8) is 0 Å². The molecule has 0 amide bonds. The van der Waals surface area contributed by atoms with Crippen molar-refractivity contribution in [1.29, 1.82) is 0 Å². The highest BCUT2D eigenvalue weighted by molar-refractivity contribution is 9.10. The van der Waals surface area contributed by atoms with Gasteiger partial charge in [-0.1, -0.05) is 31.2 Å². The number of nitrogens with zero attached hydrogens (tertiary/aromatic N) is 1. The molecule has 0 bridgehead atoms. The van der Waals surface area contributed by atoms with Crippen molar-refractivity contribution in [1.82, 2.24) is 4.98 Å². The van der Waals surface area contributed by atoms with Crippen molar-refractivity contribution in [3.05, 3.63) is 63.9 Å². The first-order valence-corrected chi connectivity index (χ1v) is 7.23. The number of rotatable bonds is 4. The van der Waals surface area contributed by atoms with Crippen LogP contribution in [0.25, 0.3) is 0 Å². The first-order valence-electron chi connectivity index (χ1n) is 6.43. The Bertz CT molecular complexity index is 532. The Morgan fingerprint density at radius 3 is 2.37 bits per heavy atom. The van der Waals surface area contributed by atoms with Crippen LogP contribution in [-0.2, 0) is 18.4 Å². The van der Waals surface area contributed by atoms with Gasteiger partial charge in [0.15, 0.2) is 0 Å². The molecule has 0 saturated heterocycles. The maximum Gasteiger partial charge on any atom is 0.0923 e. The van der Waals surface area contributed by atoms with E-state index < -0.39 is 5.60 Å². The average Bonchev–Trinajstić information content (AvgIpc) is 2.41. The van der Waals surface area contributed by atoms with Crippen LogP contribution in [0, 0.1) is 0 Å². The highest BCUT2D eigenvalue weighted by atomic mass is 79.9. The van der Waals surface area contributed by atoms with Gasteiger partial charge in [-0.15, -0.1) is 0 Å². The molecule has 1 aromatic carbocycles. The van der Waals surface area contributed by atoms with Crippen LogP contribution in [0.5, 0.6) is 0 Å². The highest BCUT2D eigenvalue weighted by Gasteiger charge is 2.24. The number of aryl methyl sites for hydroxylation is 1. The fourth-order valence-corrected chi connectivity index (χ4v) is 2.30. The molecule has 1 heterocycles. The molecule has 0 aliphatic carbocycles. The molecular weight excluding hydrogens is 302 g/mol. The van der Waals surface area contributed by atoms with Gasteiger partial charge in [-0.25, -0.2) is 0 Å². The predicted molar refractivity (Wildman–Crippen MR) is 81.0 cm³/mol. The summed E-state index contributed by atoms with van der Waals surface area (Å²) in [5.41, 5.74) is 2.19. The van der Waals surface area contributed by atoms with E-state index in [0.29, 0.717) is 6.42 Å². The van der Waals surface area contributed by atoms with E-state index in [0.717, 1.165) is 22.2 Å². The van der Waals surface area contributed by atoms with Crippen molar-refractivity contribution in [2.45, 2.75) is 32.3 Å². The molecule has 1 unspecified atom stereocenters. The molecule has 0 saturated carbocycles. The quantitative estimate of drug-likeness (QED) is 0.928. The fraction of sp³-hybridized carbons (Fsp3) is 0.312. The third kappa shape index (κ3) is 3.64. The summed E-state index contributed by atoms with van der Waals surface area (Å²) in [5, 5.41) is 10.6. The fourth-order valence-electron chi connectivity index (χ4n) is 2.07. The van der Waals surface area contributed by atoms with E-state index in [1.807, 2.05) is 31.2 Å². The largest absolute Gasteiger partial charge is 0.385 e. The second-order valence-electron chi connectivity index (χ2n) is 4.97. The van der Waals surface area contributed by atoms with E-state index >= 15 is 0 Å². The van der Waals surface area contributed by atoms with Crippen molar-refractivity contribution >= 4 is 15.9 Å². The van der Waals surface area contributed by atoms with E-state index in [4.69, 9.17) is 0 Å². The first kappa shape index (κ1) is 14.2. The Labute approximate surface area is 122 Å². The van der Waals surface area contributed by atoms with Gasteiger partial charge >= 0.3 is 0 Å². The summed E-state index contributed by atoms with van der Waals surface area (Å²) in [5.74, 6) is 0. The van der Waals surface area contributed by atoms with Crippen LogP contribution in [0.4, 0.5) is 0 Å². The van der Waals surface area contributed by atoms with Gasteiger partial charge in [0.2, 0.25) is 0 Å². The predicted octanol–water partition coefficient (Wildman–Crippen LogP) is 3.86. The molecule has 0 aliphatic heterocycles. The number of hydrogen-bond donors (Lipinski definition) is 1. The lowest BCUT2D eigenvalue weighted by Crippen LogP contribution is -2.24. The monoisotopic (exact) mass is 319 g/mol. The van der Waals surface area contributed by atoms with Crippen LogP contribution in [-0.4, -0.2) is 10.1 Å². The zero-order valence-electron chi connectivity index (χ0n) is 11.2. The van der Waals surface area contributed by atoms with E-state index in [1.165, 1.54) is 5.56 Å². The molecule has 0 spiro atoms. The van der Waals surface area contributed by atoms with Gasteiger partial charge in [0.1, 0.15) is 0 Å². The molecule has 1 aromatic heterocycles. The summed E-state index contributed by atoms with van der Waals surface area (Å²) in [6.07, 6.45) is 3.27. The van der Waals surface area contributed by atoms with Crippen molar-refractivity contribution in [2.24, 2.45) is 0 Å². The molecule has 2 aromatic rings. The topological polar surface area (TPSA) is 33.1 Å². The van der Waals surface area contributed by atoms with Crippen molar-refractivity contribution in [2.75, 3.05) is 0 Å². The SMILES string of the molecule is CCc1ccc(C(C)(O)Cc2ccc(Br)cn2)cc1. The summed E-state index contributed by atoms with van der Waals surface area (Å²) in [6.45, 7) is 3.95. The van der Waals surface area contributed by atoms with Gasteiger partial charge in [-0.05, 0) is 52.5 Å². The molecule has 2 nitrogen and oxygen atoms in total. The molecule has 100 valence electrons. The zero-order valence-corrected chi connectivity index (χ0v) is 12.8. The van der Waals surface area contributed by atoms with Crippen molar-refractivity contribution < 1.29 is 5.11 Å². The van der Waals surface area contributed by atoms with Crippen LogP contribution in [0.1, 0.15) is 30.7 Å². The molecule has 1 atom stereocenters. The molecule has 0 aliphatic rings. The van der Waals surface area contributed by atoms with E-state index in [1.54, 1.807) is 6.20 Å². The van der Waals surface area contributed by atoms with Gasteiger partial charge < -0.3 is 5.11 Å². The molecule has 0 radical (unpaired) electrons. The first-order chi connectivity index (χ1) is 9.01. The van der Waals surface area contributed by atoms with E-state index in [9.17, 15) is 5.11 Å². The molecule has 3 heteroatoms. The summed E-state index contributed by atoms with van der Waals surface area (Å²) in [4.78, 5) is 4.32. The molecule has 0 fully saturated rings. The summed E-state index contributed by atoms with van der Waals surface area (Å²) in [7, 11) is 0. The summed E-state index contributed by atoms with van der Waals surface area (Å²) >= 11 is 3.36. The number of aromatic nitrogens is 1. The number of pyridine rings is 1. The van der Waals surface area contributed by atoms with Crippen LogP contribution in [0.15, 0.2) is 47.1 Å². The Kier molecular flexibility index (Phi) is 4.38. The van der Waals surface area contributed by atoms with Crippen LogP contribution in [0.2, 0.25) is 0 Å². The minimum atomic E-state index is -0.896. The lowest BCUT2D eigenvalue weighted by Gasteiger charge is -2.23. The maximum atomic E-state index is 10.6. The average molecular weight is 320 g/mol. The Balaban J connectivity index is 2.18. The number of aliphatic hydroxyl groups is 1. The molecule has 2 rings (SSSR count). The lowest BCUT2D eigenvalue weighted by molar-refractivity contribution is 0.0566. The number of halogens is 1. The Morgan fingerprint density at radius 1 is 1.16 bits per heavy atom. The Morgan fingerprint density at radius 2 is 1.84 bits per heavy atom. The van der Waals surface area contributed by atoms with Gasteiger partial charge in [-0.2, -0.15) is 0 Å². The number of benzene rings is 1. The minimum Gasteiger partial charge on any atom is -0.385 e. The smallest absolute Gasteiger partial charge is 0.0923 e. The summed E-state index contributed by atoms with van der Waals surface area (Å²) < 4.78 is 0.947. The van der Waals surface area contributed by atoms with Crippen LogP contribution < -0.4 is 0 Å². The van der Waals surface area contributed by atoms with E-state index in [2.05, 4.69) is 40.0 Å². The van der Waals surface area contributed by atoms with E-state index in [-0.39, 0.29) is 0 Å². The van der Waals surface area contributed by atoms with Crippen LogP contribution in [0.3, 0.4) is 0 Å². The maximum absolute atomic E-state index is 10.6. The third-order valence-electron chi connectivity index (χ3n) is 3.30. The second-order valence-corrected chi connectivity index (χ2v) is 5.88. The van der Waals surface area contributed by atoms with Gasteiger partial charge in [0.25, 0.3) is 0 Å². The Hall–Kier alpha value is -1.19. The normalized spacial score (nSPS) is 14.1. The second kappa shape index (κ2) is 5.85. The van der Waals surface area contributed by atoms with Crippen molar-refractivity contribution in [3.8, 4) is 0 Å². The molecule has 1 N–H and O–H groups in total. The molecular formula is C16H18BrNO. The van der Waals surface area contributed by atoms with Crippen LogP contribution >= 0.6 is 15.9 Å². The number of hydrogen-bond acceptors (Lipinski definition) is 2. The van der Waals surface area contributed by atoms with Gasteiger partial charge in [-0.3, -0.25) is 4.98 Å².